The molecule has 0 aliphatic carbocycles. The Morgan fingerprint density at radius 3 is 2.73 bits per heavy atom. The first kappa shape index (κ1) is 16.5. The van der Waals surface area contributed by atoms with Crippen molar-refractivity contribution in [2.45, 2.75) is 39.2 Å². The molecular weight excluding hydrogens is 289 g/mol. The van der Waals surface area contributed by atoms with Crippen LogP contribution in [0.2, 0.25) is 0 Å². The fourth-order valence-corrected chi connectivity index (χ4v) is 2.26. The Morgan fingerprint density at radius 2 is 2.09 bits per heavy atom. The topological polar surface area (TPSA) is 64.5 Å². The molecule has 0 aromatic carbocycles. The van der Waals surface area contributed by atoms with Gasteiger partial charge in [-0.05, 0) is 33.6 Å². The summed E-state index contributed by atoms with van der Waals surface area (Å²) in [7, 11) is 0. The highest BCUT2D eigenvalue weighted by Crippen LogP contribution is 2.20. The molecule has 1 amide bonds. The summed E-state index contributed by atoms with van der Waals surface area (Å²) in [5.74, 6) is -0.309. The normalized spacial score (nSPS) is 18.9. The summed E-state index contributed by atoms with van der Waals surface area (Å²) in [5, 5.41) is 0. The van der Waals surface area contributed by atoms with Crippen molar-refractivity contribution in [2.75, 3.05) is 19.7 Å². The minimum Gasteiger partial charge on any atom is -0.463 e. The van der Waals surface area contributed by atoms with E-state index in [1.807, 2.05) is 20.8 Å². The Hall–Kier alpha value is -1.92. The van der Waals surface area contributed by atoms with E-state index in [0.29, 0.717) is 19.7 Å². The summed E-state index contributed by atoms with van der Waals surface area (Å²) in [6.07, 6.45) is 3.69. The average molecular weight is 311 g/mol. The number of carbonyl (C=O) groups is 1. The molecular formula is C15H22FN3O3. The SMILES string of the molecule is CC(C)(C)OC(=O)N1CCC[C@H](COc2ncc(F)cn2)C1. The van der Waals surface area contributed by atoms with Gasteiger partial charge in [0.1, 0.15) is 5.60 Å². The van der Waals surface area contributed by atoms with Crippen LogP contribution >= 0.6 is 0 Å². The maximum absolute atomic E-state index is 12.7. The van der Waals surface area contributed by atoms with Crippen LogP contribution in [-0.4, -0.2) is 46.3 Å². The van der Waals surface area contributed by atoms with Crippen LogP contribution in [-0.2, 0) is 4.74 Å². The molecule has 0 radical (unpaired) electrons. The number of hydrogen-bond acceptors (Lipinski definition) is 5. The third kappa shape index (κ3) is 5.13. The fraction of sp³-hybridized carbons (Fsp3) is 0.667. The van der Waals surface area contributed by atoms with E-state index >= 15 is 0 Å². The van der Waals surface area contributed by atoms with E-state index in [9.17, 15) is 9.18 Å². The van der Waals surface area contributed by atoms with E-state index in [0.717, 1.165) is 25.2 Å². The zero-order valence-corrected chi connectivity index (χ0v) is 13.2. The Morgan fingerprint density at radius 1 is 1.41 bits per heavy atom. The average Bonchev–Trinajstić information content (AvgIpc) is 2.45. The molecule has 1 saturated heterocycles. The monoisotopic (exact) mass is 311 g/mol. The quantitative estimate of drug-likeness (QED) is 0.858. The predicted octanol–water partition coefficient (Wildman–Crippen LogP) is 2.64. The van der Waals surface area contributed by atoms with Gasteiger partial charge in [-0.15, -0.1) is 0 Å². The molecule has 0 spiro atoms. The van der Waals surface area contributed by atoms with Crippen molar-refractivity contribution >= 4 is 6.09 Å². The second-order valence-electron chi connectivity index (χ2n) is 6.43. The van der Waals surface area contributed by atoms with Crippen molar-refractivity contribution in [1.29, 1.82) is 0 Å². The van der Waals surface area contributed by atoms with E-state index in [2.05, 4.69) is 9.97 Å². The first-order valence-electron chi connectivity index (χ1n) is 7.42. The van der Waals surface area contributed by atoms with Gasteiger partial charge in [0.25, 0.3) is 0 Å². The van der Waals surface area contributed by atoms with Crippen molar-refractivity contribution in [3.8, 4) is 6.01 Å². The Kier molecular flexibility index (Phi) is 5.15. The second kappa shape index (κ2) is 6.89. The summed E-state index contributed by atoms with van der Waals surface area (Å²) >= 11 is 0. The largest absolute Gasteiger partial charge is 0.463 e. The number of piperidine rings is 1. The number of aromatic nitrogens is 2. The minimum absolute atomic E-state index is 0.149. The highest BCUT2D eigenvalue weighted by Gasteiger charge is 2.28. The zero-order chi connectivity index (χ0) is 16.2. The first-order chi connectivity index (χ1) is 10.3. The molecule has 122 valence electrons. The van der Waals surface area contributed by atoms with Crippen LogP contribution in [0.4, 0.5) is 9.18 Å². The van der Waals surface area contributed by atoms with Gasteiger partial charge in [-0.3, -0.25) is 0 Å². The standard InChI is InChI=1S/C15H22FN3O3/c1-15(2,3)22-14(20)19-6-4-5-11(9-19)10-21-13-17-7-12(16)8-18-13/h7-8,11H,4-6,9-10H2,1-3H3/t11-/m0/s1. The lowest BCUT2D eigenvalue weighted by atomic mass is 9.99. The summed E-state index contributed by atoms with van der Waals surface area (Å²) in [6, 6.07) is 0.149. The number of likely N-dealkylation sites (tertiary alicyclic amines) is 1. The van der Waals surface area contributed by atoms with Gasteiger partial charge >= 0.3 is 12.1 Å². The Labute approximate surface area is 129 Å². The van der Waals surface area contributed by atoms with Gasteiger partial charge in [0, 0.05) is 19.0 Å². The summed E-state index contributed by atoms with van der Waals surface area (Å²) < 4.78 is 23.6. The molecule has 1 aliphatic rings. The number of amides is 1. The predicted molar refractivity (Wildman–Crippen MR) is 78.0 cm³/mol. The lowest BCUT2D eigenvalue weighted by Gasteiger charge is -2.33. The third-order valence-electron chi connectivity index (χ3n) is 3.22. The van der Waals surface area contributed by atoms with Gasteiger partial charge in [-0.25, -0.2) is 19.2 Å². The Balaban J connectivity index is 1.82. The number of nitrogens with zero attached hydrogens (tertiary/aromatic N) is 3. The first-order valence-corrected chi connectivity index (χ1v) is 7.42. The van der Waals surface area contributed by atoms with Crippen LogP contribution < -0.4 is 4.74 Å². The lowest BCUT2D eigenvalue weighted by Crippen LogP contribution is -2.44. The molecule has 1 fully saturated rings. The van der Waals surface area contributed by atoms with Crippen LogP contribution in [0.5, 0.6) is 6.01 Å². The van der Waals surface area contributed by atoms with E-state index < -0.39 is 11.4 Å². The molecule has 0 saturated carbocycles. The van der Waals surface area contributed by atoms with Crippen LogP contribution in [0, 0.1) is 11.7 Å². The lowest BCUT2D eigenvalue weighted by molar-refractivity contribution is 0.0137. The number of carbonyl (C=O) groups excluding carboxylic acids is 1. The van der Waals surface area contributed by atoms with Crippen molar-refractivity contribution in [3.63, 3.8) is 0 Å². The van der Waals surface area contributed by atoms with Crippen molar-refractivity contribution in [2.24, 2.45) is 5.92 Å². The minimum atomic E-state index is -0.499. The second-order valence-corrected chi connectivity index (χ2v) is 6.43. The smallest absolute Gasteiger partial charge is 0.410 e. The maximum atomic E-state index is 12.7. The van der Waals surface area contributed by atoms with Crippen LogP contribution in [0.15, 0.2) is 12.4 Å². The summed E-state index contributed by atoms with van der Waals surface area (Å²) in [5.41, 5.74) is -0.498. The molecule has 1 aromatic rings. The number of rotatable bonds is 3. The molecule has 2 rings (SSSR count). The molecule has 1 aliphatic heterocycles. The van der Waals surface area contributed by atoms with Gasteiger partial charge in [0.2, 0.25) is 0 Å². The zero-order valence-electron chi connectivity index (χ0n) is 13.2. The summed E-state index contributed by atoms with van der Waals surface area (Å²) in [6.45, 7) is 7.21. The van der Waals surface area contributed by atoms with E-state index in [1.165, 1.54) is 0 Å². The van der Waals surface area contributed by atoms with Gasteiger partial charge in [0.15, 0.2) is 5.82 Å². The van der Waals surface area contributed by atoms with Gasteiger partial charge < -0.3 is 14.4 Å². The van der Waals surface area contributed by atoms with Crippen LogP contribution in [0.3, 0.4) is 0 Å². The van der Waals surface area contributed by atoms with Crippen LogP contribution in [0.25, 0.3) is 0 Å². The highest BCUT2D eigenvalue weighted by atomic mass is 19.1. The van der Waals surface area contributed by atoms with Gasteiger partial charge in [-0.1, -0.05) is 0 Å². The van der Waals surface area contributed by atoms with E-state index in [4.69, 9.17) is 9.47 Å². The molecule has 6 nitrogen and oxygen atoms in total. The molecule has 22 heavy (non-hydrogen) atoms. The third-order valence-corrected chi connectivity index (χ3v) is 3.22. The van der Waals surface area contributed by atoms with E-state index in [1.54, 1.807) is 4.90 Å². The van der Waals surface area contributed by atoms with Gasteiger partial charge in [0.05, 0.1) is 19.0 Å². The van der Waals surface area contributed by atoms with Crippen LogP contribution in [0.1, 0.15) is 33.6 Å². The van der Waals surface area contributed by atoms with Crippen molar-refractivity contribution in [3.05, 3.63) is 18.2 Å². The molecule has 0 N–H and O–H groups in total. The van der Waals surface area contributed by atoms with Crippen molar-refractivity contribution < 1.29 is 18.7 Å². The Bertz CT molecular complexity index is 502. The molecule has 0 unspecified atom stereocenters. The number of ether oxygens (including phenoxy) is 2. The molecule has 2 heterocycles. The van der Waals surface area contributed by atoms with Crippen molar-refractivity contribution in [1.82, 2.24) is 14.9 Å². The molecule has 1 atom stereocenters. The molecule has 1 aromatic heterocycles. The fourth-order valence-electron chi connectivity index (χ4n) is 2.26. The molecule has 0 bridgehead atoms. The maximum Gasteiger partial charge on any atom is 0.410 e. The number of hydrogen-bond donors (Lipinski definition) is 0. The number of halogens is 1. The highest BCUT2D eigenvalue weighted by molar-refractivity contribution is 5.68. The van der Waals surface area contributed by atoms with Gasteiger partial charge in [-0.2, -0.15) is 0 Å². The summed E-state index contributed by atoms with van der Waals surface area (Å²) in [4.78, 5) is 21.3. The van der Waals surface area contributed by atoms with E-state index in [-0.39, 0.29) is 18.0 Å². The molecule has 7 heteroatoms.